The molecule has 1 saturated heterocycles. The van der Waals surface area contributed by atoms with Crippen LogP contribution >= 0.6 is 0 Å². The van der Waals surface area contributed by atoms with Gasteiger partial charge in [-0.3, -0.25) is 4.48 Å². The first-order valence-corrected chi connectivity index (χ1v) is 21.0. The molecule has 0 spiro atoms. The summed E-state index contributed by atoms with van der Waals surface area (Å²) in [5, 5.41) is 4.94. The van der Waals surface area contributed by atoms with Crippen LogP contribution in [0.15, 0.2) is 72.3 Å². The minimum Gasteiger partial charge on any atom is -0.382 e. The Bertz CT molecular complexity index is 1790. The number of rotatable bonds is 13. The highest BCUT2D eigenvalue weighted by atomic mass is 16.2. The number of carbonyl (C=O) groups is 1. The van der Waals surface area contributed by atoms with Gasteiger partial charge in [0.05, 0.1) is 26.2 Å². The van der Waals surface area contributed by atoms with Crippen molar-refractivity contribution in [1.82, 2.24) is 19.6 Å². The molecule has 2 aromatic carbocycles. The SMILES string of the molecule is CCC.CCC1=CCC(C)(CC(=O)[N+](C)(C)C(C)(C)C(C)(C)CCc2cccc(C(C)/C=C(/N3CCN(C)CC3)n3nc(N)c(-c4ccccc4)c3C)c2)C1. The van der Waals surface area contributed by atoms with E-state index in [9.17, 15) is 4.79 Å². The predicted octanol–water partition coefficient (Wildman–Crippen LogP) is 10.6. The lowest BCUT2D eigenvalue weighted by Crippen LogP contribution is -2.66. The van der Waals surface area contributed by atoms with Crippen LogP contribution < -0.4 is 5.73 Å². The normalized spacial score (nSPS) is 19.2. The fourth-order valence-corrected chi connectivity index (χ4v) is 8.29. The molecule has 2 heterocycles. The molecule has 7 heteroatoms. The van der Waals surface area contributed by atoms with E-state index in [0.717, 1.165) is 80.9 Å². The Labute approximate surface area is 335 Å². The summed E-state index contributed by atoms with van der Waals surface area (Å²) in [4.78, 5) is 18.9. The zero-order chi connectivity index (χ0) is 40.8. The summed E-state index contributed by atoms with van der Waals surface area (Å²) in [5.41, 5.74) is 13.6. The van der Waals surface area contributed by atoms with Crippen LogP contribution in [-0.4, -0.2) is 82.8 Å². The molecule has 1 aliphatic carbocycles. The molecule has 2 aliphatic rings. The zero-order valence-electron chi connectivity index (χ0n) is 36.9. The van der Waals surface area contributed by atoms with E-state index in [4.69, 9.17) is 10.8 Å². The first-order chi connectivity index (χ1) is 25.8. The van der Waals surface area contributed by atoms with Gasteiger partial charge in [-0.25, -0.2) is 9.48 Å². The second kappa shape index (κ2) is 18.1. The van der Waals surface area contributed by atoms with E-state index in [1.165, 1.54) is 23.1 Å². The molecular formula is C48H75N6O+. The average molecular weight is 752 g/mol. The van der Waals surface area contributed by atoms with Crippen molar-refractivity contribution in [3.8, 4) is 11.1 Å². The van der Waals surface area contributed by atoms with Crippen molar-refractivity contribution >= 4 is 17.5 Å². The molecule has 1 fully saturated rings. The molecule has 0 radical (unpaired) electrons. The summed E-state index contributed by atoms with van der Waals surface area (Å²) >= 11 is 0. The van der Waals surface area contributed by atoms with Crippen molar-refractivity contribution in [3.63, 3.8) is 0 Å². The Hall–Kier alpha value is -3.68. The van der Waals surface area contributed by atoms with Gasteiger partial charge < -0.3 is 15.5 Å². The van der Waals surface area contributed by atoms with E-state index in [0.29, 0.717) is 22.6 Å². The van der Waals surface area contributed by atoms with Crippen LogP contribution in [0.3, 0.4) is 0 Å². The first kappa shape index (κ1) is 44.0. The number of nitrogens with zero attached hydrogens (tertiary/aromatic N) is 5. The topological polar surface area (TPSA) is 67.4 Å². The fraction of sp³-hybridized carbons (Fsp3) is 0.583. The number of allylic oxidation sites excluding steroid dienone is 3. The van der Waals surface area contributed by atoms with E-state index in [2.05, 4.69) is 166 Å². The molecule has 3 aromatic rings. The highest BCUT2D eigenvalue weighted by Gasteiger charge is 2.53. The van der Waals surface area contributed by atoms with Gasteiger partial charge in [-0.1, -0.05) is 121 Å². The zero-order valence-corrected chi connectivity index (χ0v) is 36.9. The third kappa shape index (κ3) is 10.0. The first-order valence-electron chi connectivity index (χ1n) is 21.0. The van der Waals surface area contributed by atoms with Crippen molar-refractivity contribution in [3.05, 3.63) is 89.1 Å². The number of aryl methyl sites for hydroxylation is 1. The Balaban J connectivity index is 0.00000217. The highest BCUT2D eigenvalue weighted by molar-refractivity contribution is 5.77. The molecule has 0 bridgehead atoms. The van der Waals surface area contributed by atoms with Gasteiger partial charge in [-0.05, 0) is 88.1 Å². The number of benzene rings is 2. The summed E-state index contributed by atoms with van der Waals surface area (Å²) in [6.07, 6.45) is 11.7. The van der Waals surface area contributed by atoms with Gasteiger partial charge in [-0.2, -0.15) is 0 Å². The quantitative estimate of drug-likeness (QED) is 0.139. The largest absolute Gasteiger partial charge is 0.382 e. The molecule has 7 nitrogen and oxygen atoms in total. The number of nitrogens with two attached hydrogens (primary N) is 1. The molecule has 1 amide bonds. The lowest BCUT2D eigenvalue weighted by Gasteiger charge is -2.52. The van der Waals surface area contributed by atoms with Gasteiger partial charge in [0.25, 0.3) is 0 Å². The minimum absolute atomic E-state index is 0.0425. The van der Waals surface area contributed by atoms with Crippen molar-refractivity contribution < 1.29 is 9.28 Å². The summed E-state index contributed by atoms with van der Waals surface area (Å²) in [6.45, 7) is 26.4. The van der Waals surface area contributed by atoms with Gasteiger partial charge in [-0.15, -0.1) is 5.10 Å². The van der Waals surface area contributed by atoms with E-state index >= 15 is 0 Å². The summed E-state index contributed by atoms with van der Waals surface area (Å²) in [7, 11) is 6.47. The maximum absolute atomic E-state index is 14.1. The summed E-state index contributed by atoms with van der Waals surface area (Å²) in [6, 6.07) is 19.5. The highest BCUT2D eigenvalue weighted by Crippen LogP contribution is 2.46. The number of anilines is 1. The monoisotopic (exact) mass is 752 g/mol. The number of aromatic nitrogens is 2. The maximum Gasteiger partial charge on any atom is 0.314 e. The third-order valence-electron chi connectivity index (χ3n) is 13.4. The molecule has 302 valence electrons. The number of carbonyl (C=O) groups excluding carboxylic acids is 1. The number of hydrogen-bond donors (Lipinski definition) is 1. The molecule has 1 aliphatic heterocycles. The second-order valence-corrected chi connectivity index (χ2v) is 18.6. The predicted molar refractivity (Wildman–Crippen MR) is 235 cm³/mol. The molecular weight excluding hydrogens is 677 g/mol. The molecule has 2 atom stereocenters. The lowest BCUT2D eigenvalue weighted by molar-refractivity contribution is -0.876. The van der Waals surface area contributed by atoms with Crippen LogP contribution in [0.4, 0.5) is 5.82 Å². The van der Waals surface area contributed by atoms with Crippen molar-refractivity contribution in [2.45, 2.75) is 126 Å². The molecule has 0 saturated carbocycles. The maximum atomic E-state index is 14.1. The third-order valence-corrected chi connectivity index (χ3v) is 13.4. The van der Waals surface area contributed by atoms with Crippen molar-refractivity contribution in [2.75, 3.05) is 53.1 Å². The van der Waals surface area contributed by atoms with Gasteiger partial charge in [0.2, 0.25) is 0 Å². The van der Waals surface area contributed by atoms with E-state index in [-0.39, 0.29) is 22.3 Å². The standard InChI is InChI=1S/C45H67N6O.C3H8/c1-12-35-22-24-45(8,31-35)32-40(52)51(10,11)44(6,7)43(4,5)23-21-36-17-16-20-38(30-36)33(2)29-39(49-27-25-48(9)26-28-49)50-34(3)41(42(46)47-50)37-18-14-13-15-19-37;1-3-2/h13-20,22,29-30,33H,12,21,23-28,31-32H2,1-11H3,(H2,46,47);3H2,1-2H3/q+1;/b39-29-;. The van der Waals surface area contributed by atoms with Crippen molar-refractivity contribution in [1.29, 1.82) is 0 Å². The second-order valence-electron chi connectivity index (χ2n) is 18.6. The van der Waals surface area contributed by atoms with Gasteiger partial charge in [0.15, 0.2) is 5.82 Å². The fourth-order valence-electron chi connectivity index (χ4n) is 8.29. The molecule has 2 N–H and O–H groups in total. The number of quaternary nitrogens is 1. The van der Waals surface area contributed by atoms with Crippen LogP contribution in [0.1, 0.15) is 124 Å². The summed E-state index contributed by atoms with van der Waals surface area (Å²) in [5.74, 6) is 2.16. The summed E-state index contributed by atoms with van der Waals surface area (Å²) < 4.78 is 2.46. The van der Waals surface area contributed by atoms with E-state index in [1.807, 2.05) is 6.07 Å². The molecule has 2 unspecified atom stereocenters. The van der Waals surface area contributed by atoms with Gasteiger partial charge in [0, 0.05) is 43.1 Å². The smallest absolute Gasteiger partial charge is 0.314 e. The number of piperazine rings is 1. The van der Waals surface area contributed by atoms with Crippen LogP contribution in [0.5, 0.6) is 0 Å². The Morgan fingerprint density at radius 1 is 1.00 bits per heavy atom. The number of nitrogen functional groups attached to an aromatic ring is 1. The van der Waals surface area contributed by atoms with E-state index < -0.39 is 0 Å². The van der Waals surface area contributed by atoms with Gasteiger partial charge in [0.1, 0.15) is 11.4 Å². The minimum atomic E-state index is -0.257. The van der Waals surface area contributed by atoms with Crippen molar-refractivity contribution in [2.24, 2.45) is 10.8 Å². The number of amides is 1. The molecule has 1 aromatic heterocycles. The van der Waals surface area contributed by atoms with Crippen LogP contribution in [0, 0.1) is 17.8 Å². The number of likely N-dealkylation sites (N-methyl/N-ethyl adjacent to an activating group) is 1. The van der Waals surface area contributed by atoms with Gasteiger partial charge >= 0.3 is 5.91 Å². The Kier molecular flexibility index (Phi) is 14.5. The van der Waals surface area contributed by atoms with Crippen LogP contribution in [0.2, 0.25) is 0 Å². The molecule has 55 heavy (non-hydrogen) atoms. The lowest BCUT2D eigenvalue weighted by atomic mass is 9.68. The Morgan fingerprint density at radius 2 is 1.64 bits per heavy atom. The average Bonchev–Trinajstić information content (AvgIpc) is 3.67. The van der Waals surface area contributed by atoms with E-state index in [1.54, 1.807) is 0 Å². The number of hydrogen-bond acceptors (Lipinski definition) is 5. The Morgan fingerprint density at radius 3 is 2.24 bits per heavy atom. The molecule has 5 rings (SSSR count). The van der Waals surface area contributed by atoms with Crippen LogP contribution in [-0.2, 0) is 11.2 Å². The van der Waals surface area contributed by atoms with Crippen LogP contribution in [0.25, 0.3) is 16.9 Å².